The average molecular weight is 453 g/mol. The molecule has 0 bridgehead atoms. The monoisotopic (exact) mass is 453 g/mol. The number of aromatic nitrogens is 2. The Bertz CT molecular complexity index is 974. The highest BCUT2D eigenvalue weighted by Crippen LogP contribution is 2.30. The van der Waals surface area contributed by atoms with Gasteiger partial charge >= 0.3 is 0 Å². The van der Waals surface area contributed by atoms with E-state index in [4.69, 9.17) is 0 Å². The zero-order valence-corrected chi connectivity index (χ0v) is 16.5. The molecule has 0 atom stereocenters. The van der Waals surface area contributed by atoms with Crippen LogP contribution in [0.15, 0.2) is 47.5 Å². The molecule has 0 fully saturated rings. The highest BCUT2D eigenvalue weighted by atomic mass is 127. The molecule has 0 spiro atoms. The lowest BCUT2D eigenvalue weighted by molar-refractivity contribution is 0.0827. The highest BCUT2D eigenvalue weighted by molar-refractivity contribution is 14.2. The normalized spacial score (nSPS) is 11.0. The van der Waals surface area contributed by atoms with Gasteiger partial charge in [-0.25, -0.2) is 0 Å². The minimum atomic E-state index is -0.0281. The number of fused-ring (bicyclic) bond motifs is 1. The lowest BCUT2D eigenvalue weighted by atomic mass is 10.0. The summed E-state index contributed by atoms with van der Waals surface area (Å²) in [5.41, 5.74) is 3.23. The Morgan fingerprint density at radius 1 is 1.17 bits per heavy atom. The van der Waals surface area contributed by atoms with Gasteiger partial charge in [0.15, 0.2) is 0 Å². The number of pyridine rings is 1. The molecule has 2 heterocycles. The third-order valence-corrected chi connectivity index (χ3v) is 5.64. The number of hydrogen-bond donors (Lipinski definition) is 0. The molecular weight excluding hydrogens is 437 g/mol. The summed E-state index contributed by atoms with van der Waals surface area (Å²) in [5, 5.41) is 0.911. The Morgan fingerprint density at radius 3 is 2.42 bits per heavy atom. The van der Waals surface area contributed by atoms with Gasteiger partial charge < -0.3 is 9.47 Å². The Kier molecular flexibility index (Phi) is 4.73. The topological polar surface area (TPSA) is 47.2 Å². The van der Waals surface area contributed by atoms with Crippen LogP contribution in [0.25, 0.3) is 22.0 Å². The number of hydrogen-bond acceptors (Lipinski definition) is 3. The van der Waals surface area contributed by atoms with Gasteiger partial charge in [-0.2, -0.15) is 0 Å². The molecule has 1 amide bonds. The van der Waals surface area contributed by atoms with Crippen LogP contribution in [0, 0.1) is 0 Å². The summed E-state index contributed by atoms with van der Waals surface area (Å²) < 4.78 is 3.46. The van der Waals surface area contributed by atoms with E-state index < -0.39 is 0 Å². The highest BCUT2D eigenvalue weighted by Gasteiger charge is 2.14. The molecule has 124 valence electrons. The molecule has 0 radical (unpaired) electrons. The van der Waals surface area contributed by atoms with Gasteiger partial charge in [-0.05, 0) is 23.8 Å². The molecule has 0 saturated heterocycles. The summed E-state index contributed by atoms with van der Waals surface area (Å²) in [5.74, 6) is -0.0281. The van der Waals surface area contributed by atoms with Crippen LogP contribution in [0.5, 0.6) is 0 Å². The minimum Gasteiger partial charge on any atom is -0.345 e. The van der Waals surface area contributed by atoms with Gasteiger partial charge in [-0.15, -0.1) is 0 Å². The van der Waals surface area contributed by atoms with E-state index >= 15 is 0 Å². The molecule has 0 aliphatic rings. The smallest absolute Gasteiger partial charge is 0.275 e. The van der Waals surface area contributed by atoms with E-state index in [1.165, 1.54) is 9.12 Å². The van der Waals surface area contributed by atoms with Crippen LogP contribution in [0.2, 0.25) is 0 Å². The molecule has 24 heavy (non-hydrogen) atoms. The van der Waals surface area contributed by atoms with Crippen molar-refractivity contribution in [3.05, 3.63) is 58.6 Å². The van der Waals surface area contributed by atoms with Crippen molar-refractivity contribution in [1.82, 2.24) is 13.4 Å². The molecule has 0 N–H and O–H groups in total. The summed E-state index contributed by atoms with van der Waals surface area (Å²) >= 11 is 2.16. The van der Waals surface area contributed by atoms with Gasteiger partial charge in [0.1, 0.15) is 5.52 Å². The van der Waals surface area contributed by atoms with Crippen molar-refractivity contribution >= 4 is 47.1 Å². The zero-order chi connectivity index (χ0) is 17.4. The molecule has 1 aromatic carbocycles. The van der Waals surface area contributed by atoms with Crippen LogP contribution in [-0.2, 0) is 7.05 Å². The number of amides is 1. The van der Waals surface area contributed by atoms with Gasteiger partial charge in [-0.1, -0.05) is 12.1 Å². The van der Waals surface area contributed by atoms with Crippen molar-refractivity contribution in [1.29, 1.82) is 0 Å². The maximum Gasteiger partial charge on any atom is 0.275 e. The molecule has 3 aromatic rings. The fourth-order valence-corrected chi connectivity index (χ4v) is 4.01. The summed E-state index contributed by atoms with van der Waals surface area (Å²) in [4.78, 5) is 26.0. The molecule has 2 aromatic heterocycles. The first kappa shape index (κ1) is 17.1. The van der Waals surface area contributed by atoms with E-state index in [0.29, 0.717) is 11.1 Å². The molecule has 0 aliphatic heterocycles. The molecule has 7 heteroatoms. The maximum atomic E-state index is 12.4. The number of carbonyl (C=O) groups excluding carboxylic acids is 1. The molecule has 5 nitrogen and oxygen atoms in total. The predicted molar refractivity (Wildman–Crippen MR) is 108 cm³/mol. The second-order valence-corrected chi connectivity index (χ2v) is 7.42. The first-order valence-corrected chi connectivity index (χ1v) is 10.6. The molecular formula is C17H16IN3O2S. The van der Waals surface area contributed by atoms with Crippen LogP contribution in [-0.4, -0.2) is 33.4 Å². The van der Waals surface area contributed by atoms with Crippen LogP contribution < -0.4 is 5.56 Å². The van der Waals surface area contributed by atoms with E-state index in [9.17, 15) is 9.59 Å². The third-order valence-electron chi connectivity index (χ3n) is 3.91. The van der Waals surface area contributed by atoms with E-state index in [2.05, 4.69) is 21.2 Å². The second-order valence-electron chi connectivity index (χ2n) is 5.71. The number of nitrogens with zero attached hydrogens (tertiary/aromatic N) is 3. The van der Waals surface area contributed by atoms with Crippen molar-refractivity contribution in [2.75, 3.05) is 14.1 Å². The zero-order valence-electron chi connectivity index (χ0n) is 13.5. The van der Waals surface area contributed by atoms with Crippen molar-refractivity contribution in [3.8, 4) is 11.1 Å². The number of benzene rings is 1. The summed E-state index contributed by atoms with van der Waals surface area (Å²) in [6, 6.07) is 9.43. The van der Waals surface area contributed by atoms with Gasteiger partial charge in [0.25, 0.3) is 11.5 Å². The first-order valence-electron chi connectivity index (χ1n) is 7.26. The van der Waals surface area contributed by atoms with E-state index in [0.717, 1.165) is 16.5 Å². The largest absolute Gasteiger partial charge is 0.345 e. The lowest BCUT2D eigenvalue weighted by Gasteiger charge is -2.11. The lowest BCUT2D eigenvalue weighted by Crippen LogP contribution is -2.21. The Hall–Kier alpha value is -1.74. The average Bonchev–Trinajstić information content (AvgIpc) is 3.02. The fourth-order valence-electron chi connectivity index (χ4n) is 2.67. The van der Waals surface area contributed by atoms with Gasteiger partial charge in [0.2, 0.25) is 0 Å². The van der Waals surface area contributed by atoms with Gasteiger partial charge in [0.05, 0.1) is 0 Å². The van der Waals surface area contributed by atoms with E-state index in [-0.39, 0.29) is 11.5 Å². The van der Waals surface area contributed by atoms with Gasteiger partial charge in [0, 0.05) is 80.4 Å². The SMILES string of the molecule is CN(C)C(=O)c1ccc(-c2cn(C)c(=O)c3c2ccn3SI)cc1. The fraction of sp³-hybridized carbons (Fsp3) is 0.176. The number of carbonyl (C=O) groups is 1. The van der Waals surface area contributed by atoms with Crippen molar-refractivity contribution in [2.24, 2.45) is 7.05 Å². The minimum absolute atomic E-state index is 0.0256. The molecule has 0 saturated carbocycles. The van der Waals surface area contributed by atoms with E-state index in [1.54, 1.807) is 30.6 Å². The number of aryl methyl sites for hydroxylation is 1. The molecule has 0 aliphatic carbocycles. The van der Waals surface area contributed by atoms with Gasteiger partial charge in [-0.3, -0.25) is 13.6 Å². The number of rotatable bonds is 3. The first-order chi connectivity index (χ1) is 11.4. The predicted octanol–water partition coefficient (Wildman–Crippen LogP) is 3.56. The third kappa shape index (κ3) is 2.86. The van der Waals surface area contributed by atoms with Crippen LogP contribution >= 0.6 is 30.3 Å². The second kappa shape index (κ2) is 6.64. The Balaban J connectivity index is 2.17. The van der Waals surface area contributed by atoms with Crippen LogP contribution in [0.1, 0.15) is 10.4 Å². The maximum absolute atomic E-state index is 12.4. The van der Waals surface area contributed by atoms with Crippen LogP contribution in [0.3, 0.4) is 0 Å². The van der Waals surface area contributed by atoms with Crippen molar-refractivity contribution < 1.29 is 4.79 Å². The van der Waals surface area contributed by atoms with Crippen molar-refractivity contribution in [3.63, 3.8) is 0 Å². The quantitative estimate of drug-likeness (QED) is 0.570. The number of halogens is 1. The molecule has 3 rings (SSSR count). The van der Waals surface area contributed by atoms with Crippen LogP contribution in [0.4, 0.5) is 0 Å². The molecule has 0 unspecified atom stereocenters. The summed E-state index contributed by atoms with van der Waals surface area (Å²) in [7, 11) is 6.69. The standard InChI is InChI=1S/C17H16IN3O2S/c1-19(2)16(22)12-6-4-11(5-7-12)14-10-20(3)17(23)15-13(14)8-9-21(15)24-18/h4-10H,1-3H3. The summed E-state index contributed by atoms with van der Waals surface area (Å²) in [6.07, 6.45) is 3.74. The Labute approximate surface area is 156 Å². The van der Waals surface area contributed by atoms with Crippen molar-refractivity contribution in [2.45, 2.75) is 0 Å². The Morgan fingerprint density at radius 2 is 1.83 bits per heavy atom. The van der Waals surface area contributed by atoms with E-state index in [1.807, 2.05) is 46.7 Å². The summed E-state index contributed by atoms with van der Waals surface area (Å²) in [6.45, 7) is 0.